The van der Waals surface area contributed by atoms with Crippen LogP contribution in [0.15, 0.2) is 36.4 Å². The third-order valence-corrected chi connectivity index (χ3v) is 3.19. The molecule has 0 aliphatic heterocycles. The molecule has 0 spiro atoms. The van der Waals surface area contributed by atoms with Crippen molar-refractivity contribution in [2.75, 3.05) is 5.32 Å². The summed E-state index contributed by atoms with van der Waals surface area (Å²) in [6.07, 6.45) is 0. The first-order valence-electron chi connectivity index (χ1n) is 4.73. The Labute approximate surface area is 119 Å². The lowest BCUT2D eigenvalue weighted by Crippen LogP contribution is -1.92. The molecule has 88 valence electrons. The molecule has 2 rings (SSSR count). The maximum atomic E-state index is 6.06. The van der Waals surface area contributed by atoms with Gasteiger partial charge in [0.05, 0.1) is 15.7 Å². The summed E-state index contributed by atoms with van der Waals surface area (Å²) in [4.78, 5) is 0. The van der Waals surface area contributed by atoms with Gasteiger partial charge in [-0.15, -0.1) is 0 Å². The predicted molar refractivity (Wildman–Crippen MR) is 76.2 cm³/mol. The molecule has 2 aromatic rings. The first-order valence-corrected chi connectivity index (χ1v) is 6.24. The quantitative estimate of drug-likeness (QED) is 0.712. The molecular formula is C12H7Cl4N. The molecule has 17 heavy (non-hydrogen) atoms. The van der Waals surface area contributed by atoms with Crippen molar-refractivity contribution in [2.45, 2.75) is 0 Å². The molecule has 0 bridgehead atoms. The fourth-order valence-electron chi connectivity index (χ4n) is 1.34. The van der Waals surface area contributed by atoms with Gasteiger partial charge in [-0.1, -0.05) is 46.4 Å². The number of benzene rings is 2. The topological polar surface area (TPSA) is 12.0 Å². The molecule has 1 nitrogen and oxygen atoms in total. The molecule has 5 heteroatoms. The van der Waals surface area contributed by atoms with Crippen molar-refractivity contribution in [3.05, 3.63) is 56.5 Å². The first-order chi connectivity index (χ1) is 8.06. The molecule has 0 saturated carbocycles. The van der Waals surface area contributed by atoms with Gasteiger partial charge in [-0.3, -0.25) is 0 Å². The molecule has 0 fully saturated rings. The highest BCUT2D eigenvalue weighted by molar-refractivity contribution is 6.41. The molecule has 0 unspecified atom stereocenters. The van der Waals surface area contributed by atoms with Crippen molar-refractivity contribution in [1.29, 1.82) is 0 Å². The van der Waals surface area contributed by atoms with Crippen LogP contribution in [0.3, 0.4) is 0 Å². The summed E-state index contributed by atoms with van der Waals surface area (Å²) in [5, 5.41) is 5.23. The van der Waals surface area contributed by atoms with E-state index in [-0.39, 0.29) is 0 Å². The summed E-state index contributed by atoms with van der Waals surface area (Å²) >= 11 is 23.7. The fraction of sp³-hybridized carbons (Fsp3) is 0. The summed E-state index contributed by atoms with van der Waals surface area (Å²) in [7, 11) is 0. The van der Waals surface area contributed by atoms with Crippen LogP contribution in [0.1, 0.15) is 0 Å². The maximum absolute atomic E-state index is 6.06. The van der Waals surface area contributed by atoms with E-state index >= 15 is 0 Å². The van der Waals surface area contributed by atoms with Crippen LogP contribution < -0.4 is 5.32 Å². The molecule has 0 radical (unpaired) electrons. The Morgan fingerprint density at radius 2 is 1.24 bits per heavy atom. The largest absolute Gasteiger partial charge is 0.353 e. The number of nitrogens with one attached hydrogen (secondary N) is 1. The second kappa shape index (κ2) is 5.36. The lowest BCUT2D eigenvalue weighted by molar-refractivity contribution is 1.55. The standard InChI is InChI=1S/C12H7Cl4N/c13-7-1-3-9(4-2-7)17-12-10(15)5-8(14)6-11(12)16/h1-6,17H. The van der Waals surface area contributed by atoms with Gasteiger partial charge >= 0.3 is 0 Å². The number of halogens is 4. The second-order valence-electron chi connectivity index (χ2n) is 3.38. The van der Waals surface area contributed by atoms with E-state index in [0.29, 0.717) is 25.8 Å². The van der Waals surface area contributed by atoms with E-state index in [4.69, 9.17) is 46.4 Å². The van der Waals surface area contributed by atoms with Gasteiger partial charge in [-0.25, -0.2) is 0 Å². The van der Waals surface area contributed by atoms with Crippen molar-refractivity contribution in [3.8, 4) is 0 Å². The van der Waals surface area contributed by atoms with E-state index in [2.05, 4.69) is 5.32 Å². The second-order valence-corrected chi connectivity index (χ2v) is 5.06. The minimum Gasteiger partial charge on any atom is -0.353 e. The average molecular weight is 307 g/mol. The van der Waals surface area contributed by atoms with E-state index in [1.165, 1.54) is 0 Å². The van der Waals surface area contributed by atoms with Gasteiger partial charge in [0.2, 0.25) is 0 Å². The van der Waals surface area contributed by atoms with Crippen LogP contribution in [0.4, 0.5) is 11.4 Å². The zero-order valence-electron chi connectivity index (χ0n) is 8.48. The minimum absolute atomic E-state index is 0.470. The molecular weight excluding hydrogens is 300 g/mol. The fourth-order valence-corrected chi connectivity index (χ4v) is 2.38. The Kier molecular flexibility index (Phi) is 4.05. The van der Waals surface area contributed by atoms with Crippen molar-refractivity contribution in [1.82, 2.24) is 0 Å². The van der Waals surface area contributed by atoms with Crippen molar-refractivity contribution < 1.29 is 0 Å². The molecule has 0 heterocycles. The SMILES string of the molecule is Clc1ccc(Nc2c(Cl)cc(Cl)cc2Cl)cc1. The highest BCUT2D eigenvalue weighted by Gasteiger charge is 2.07. The first kappa shape index (κ1) is 12.8. The van der Waals surface area contributed by atoms with Crippen molar-refractivity contribution in [2.24, 2.45) is 0 Å². The van der Waals surface area contributed by atoms with Gasteiger partial charge in [-0.2, -0.15) is 0 Å². The number of anilines is 2. The van der Waals surface area contributed by atoms with Crippen LogP contribution in [-0.2, 0) is 0 Å². The predicted octanol–water partition coefficient (Wildman–Crippen LogP) is 6.04. The minimum atomic E-state index is 0.470. The Morgan fingerprint density at radius 1 is 0.706 bits per heavy atom. The van der Waals surface area contributed by atoms with Crippen LogP contribution in [-0.4, -0.2) is 0 Å². The smallest absolute Gasteiger partial charge is 0.0764 e. The number of hydrogen-bond donors (Lipinski definition) is 1. The van der Waals surface area contributed by atoms with Gasteiger partial charge in [0.15, 0.2) is 0 Å². The van der Waals surface area contributed by atoms with E-state index in [0.717, 1.165) is 5.69 Å². The van der Waals surface area contributed by atoms with E-state index in [9.17, 15) is 0 Å². The Morgan fingerprint density at radius 3 is 1.76 bits per heavy atom. The van der Waals surface area contributed by atoms with Crippen LogP contribution in [0.2, 0.25) is 20.1 Å². The van der Waals surface area contributed by atoms with Crippen molar-refractivity contribution in [3.63, 3.8) is 0 Å². The summed E-state index contributed by atoms with van der Waals surface area (Å²) in [5.41, 5.74) is 1.47. The van der Waals surface area contributed by atoms with Crippen molar-refractivity contribution >= 4 is 57.8 Å². The molecule has 0 aliphatic carbocycles. The van der Waals surface area contributed by atoms with E-state index in [1.807, 2.05) is 12.1 Å². The lowest BCUT2D eigenvalue weighted by Gasteiger charge is -2.10. The Hall–Kier alpha value is -0.600. The molecule has 0 amide bonds. The van der Waals surface area contributed by atoms with E-state index in [1.54, 1.807) is 24.3 Å². The third-order valence-electron chi connectivity index (χ3n) is 2.12. The number of hydrogen-bond acceptors (Lipinski definition) is 1. The maximum Gasteiger partial charge on any atom is 0.0764 e. The third kappa shape index (κ3) is 3.20. The summed E-state index contributed by atoms with van der Waals surface area (Å²) < 4.78 is 0. The number of rotatable bonds is 2. The molecule has 2 aromatic carbocycles. The molecule has 0 atom stereocenters. The monoisotopic (exact) mass is 305 g/mol. The lowest BCUT2D eigenvalue weighted by atomic mass is 10.2. The summed E-state index contributed by atoms with van der Waals surface area (Å²) in [6.45, 7) is 0. The van der Waals surface area contributed by atoms with Crippen LogP contribution in [0, 0.1) is 0 Å². The summed E-state index contributed by atoms with van der Waals surface area (Å²) in [6, 6.07) is 10.5. The Bertz CT molecular complexity index is 514. The zero-order chi connectivity index (χ0) is 12.4. The average Bonchev–Trinajstić information content (AvgIpc) is 2.26. The molecule has 1 N–H and O–H groups in total. The summed E-state index contributed by atoms with van der Waals surface area (Å²) in [5.74, 6) is 0. The van der Waals surface area contributed by atoms with Gasteiger partial charge in [0.25, 0.3) is 0 Å². The van der Waals surface area contributed by atoms with Gasteiger partial charge in [-0.05, 0) is 36.4 Å². The van der Waals surface area contributed by atoms with Gasteiger partial charge in [0.1, 0.15) is 0 Å². The normalized spacial score (nSPS) is 10.4. The van der Waals surface area contributed by atoms with E-state index < -0.39 is 0 Å². The van der Waals surface area contributed by atoms with Crippen LogP contribution in [0.25, 0.3) is 0 Å². The molecule has 0 saturated heterocycles. The van der Waals surface area contributed by atoms with Crippen LogP contribution >= 0.6 is 46.4 Å². The highest BCUT2D eigenvalue weighted by atomic mass is 35.5. The zero-order valence-corrected chi connectivity index (χ0v) is 11.5. The molecule has 0 aromatic heterocycles. The Balaban J connectivity index is 2.33. The molecule has 0 aliphatic rings. The highest BCUT2D eigenvalue weighted by Crippen LogP contribution is 2.35. The van der Waals surface area contributed by atoms with Crippen LogP contribution in [0.5, 0.6) is 0 Å². The van der Waals surface area contributed by atoms with Gasteiger partial charge < -0.3 is 5.32 Å². The van der Waals surface area contributed by atoms with Gasteiger partial charge in [0, 0.05) is 15.7 Å².